The summed E-state index contributed by atoms with van der Waals surface area (Å²) in [5, 5.41) is 24.4. The number of thioether (sulfide) groups is 1. The number of primary amides is 1. The number of nitrogens with one attached hydrogen (secondary N) is 3. The van der Waals surface area contributed by atoms with Gasteiger partial charge in [-0.25, -0.2) is 0 Å². The summed E-state index contributed by atoms with van der Waals surface area (Å²) in [6.45, 7) is -1.50. The molecule has 0 aliphatic heterocycles. The number of hydrogen-bond acceptors (Lipinski definition) is 8. The minimum absolute atomic E-state index is 0.142. The van der Waals surface area contributed by atoms with E-state index in [1.54, 1.807) is 0 Å². The number of aliphatic hydroxyl groups excluding tert-OH is 1. The Labute approximate surface area is 166 Å². The molecule has 9 N–H and O–H groups in total. The Morgan fingerprint density at radius 3 is 2.11 bits per heavy atom. The number of nitrogens with two attached hydrogens (primary N) is 2. The fourth-order valence-electron chi connectivity index (χ4n) is 1.96. The van der Waals surface area contributed by atoms with Gasteiger partial charge in [-0.05, 0) is 24.9 Å². The Hall–Kier alpha value is -2.38. The summed E-state index contributed by atoms with van der Waals surface area (Å²) in [5.74, 6) is -3.76. The lowest BCUT2D eigenvalue weighted by molar-refractivity contribution is -0.139. The van der Waals surface area contributed by atoms with Crippen LogP contribution in [0.2, 0.25) is 0 Å². The minimum Gasteiger partial charge on any atom is -0.480 e. The molecule has 28 heavy (non-hydrogen) atoms. The third kappa shape index (κ3) is 10.7. The maximum atomic E-state index is 12.4. The van der Waals surface area contributed by atoms with Crippen LogP contribution in [0, 0.1) is 0 Å². The van der Waals surface area contributed by atoms with Crippen LogP contribution in [0.1, 0.15) is 19.3 Å². The molecule has 0 bridgehead atoms. The molecule has 3 atom stereocenters. The Balaban J connectivity index is 5.02. The van der Waals surface area contributed by atoms with Gasteiger partial charge in [-0.2, -0.15) is 11.8 Å². The second-order valence-electron chi connectivity index (χ2n) is 5.81. The van der Waals surface area contributed by atoms with Crippen LogP contribution in [0.3, 0.4) is 0 Å². The van der Waals surface area contributed by atoms with Gasteiger partial charge in [0.25, 0.3) is 0 Å². The molecule has 0 radical (unpaired) electrons. The molecule has 0 heterocycles. The van der Waals surface area contributed by atoms with Crippen molar-refractivity contribution < 1.29 is 34.2 Å². The number of amides is 4. The van der Waals surface area contributed by atoms with Gasteiger partial charge in [0, 0.05) is 6.42 Å². The van der Waals surface area contributed by atoms with E-state index in [1.165, 1.54) is 11.8 Å². The van der Waals surface area contributed by atoms with E-state index in [-0.39, 0.29) is 12.8 Å². The molecule has 0 saturated carbocycles. The van der Waals surface area contributed by atoms with E-state index in [4.69, 9.17) is 16.6 Å². The number of carbonyl (C=O) groups is 5. The van der Waals surface area contributed by atoms with Gasteiger partial charge in [0.05, 0.1) is 12.6 Å². The first kappa shape index (κ1) is 25.6. The summed E-state index contributed by atoms with van der Waals surface area (Å²) < 4.78 is 0. The molecular formula is C15H27N5O7S. The summed E-state index contributed by atoms with van der Waals surface area (Å²) in [4.78, 5) is 57.9. The normalized spacial score (nSPS) is 13.7. The van der Waals surface area contributed by atoms with E-state index >= 15 is 0 Å². The molecule has 3 unspecified atom stereocenters. The average Bonchev–Trinajstić information content (AvgIpc) is 2.64. The Morgan fingerprint density at radius 2 is 1.61 bits per heavy atom. The maximum absolute atomic E-state index is 12.4. The predicted octanol–water partition coefficient (Wildman–Crippen LogP) is -3.50. The van der Waals surface area contributed by atoms with Crippen molar-refractivity contribution in [3.63, 3.8) is 0 Å². The monoisotopic (exact) mass is 421 g/mol. The molecule has 0 aliphatic rings. The molecule has 0 fully saturated rings. The lowest BCUT2D eigenvalue weighted by Gasteiger charge is -2.23. The summed E-state index contributed by atoms with van der Waals surface area (Å²) >= 11 is 1.49. The van der Waals surface area contributed by atoms with E-state index < -0.39 is 60.9 Å². The maximum Gasteiger partial charge on any atom is 0.322 e. The zero-order chi connectivity index (χ0) is 21.7. The number of carboxylic acids is 1. The van der Waals surface area contributed by atoms with Crippen LogP contribution < -0.4 is 27.4 Å². The highest BCUT2D eigenvalue weighted by Crippen LogP contribution is 2.03. The van der Waals surface area contributed by atoms with Gasteiger partial charge in [0.1, 0.15) is 18.6 Å². The van der Waals surface area contributed by atoms with Gasteiger partial charge >= 0.3 is 5.97 Å². The Bertz CT molecular complexity index is 575. The van der Waals surface area contributed by atoms with Gasteiger partial charge in [-0.15, -0.1) is 0 Å². The molecule has 12 nitrogen and oxygen atoms in total. The van der Waals surface area contributed by atoms with Crippen LogP contribution in [0.25, 0.3) is 0 Å². The van der Waals surface area contributed by atoms with Crippen molar-refractivity contribution in [3.05, 3.63) is 0 Å². The highest BCUT2D eigenvalue weighted by Gasteiger charge is 2.28. The second-order valence-corrected chi connectivity index (χ2v) is 6.80. The van der Waals surface area contributed by atoms with E-state index in [0.29, 0.717) is 12.2 Å². The van der Waals surface area contributed by atoms with Crippen molar-refractivity contribution in [1.29, 1.82) is 0 Å². The standard InChI is InChI=1S/C15H27N5O7S/c1-28-5-4-8(16)13(25)19-9(2-3-11(17)22)15(27)20-10(7-21)14(26)18-6-12(23)24/h8-10,21H,2-7,16H2,1H3,(H2,17,22)(H,18,26)(H,19,25)(H,20,27)(H,23,24). The summed E-state index contributed by atoms with van der Waals surface area (Å²) in [6.07, 6.45) is 1.86. The molecule has 160 valence electrons. The molecule has 0 aliphatic carbocycles. The summed E-state index contributed by atoms with van der Waals surface area (Å²) in [7, 11) is 0. The molecule has 0 aromatic rings. The van der Waals surface area contributed by atoms with Gasteiger partial charge in [-0.3, -0.25) is 24.0 Å². The highest BCUT2D eigenvalue weighted by atomic mass is 32.2. The SMILES string of the molecule is CSCCC(N)C(=O)NC(CCC(N)=O)C(=O)NC(CO)C(=O)NCC(=O)O. The number of carbonyl (C=O) groups excluding carboxylic acids is 4. The van der Waals surface area contributed by atoms with Crippen molar-refractivity contribution in [2.45, 2.75) is 37.4 Å². The first-order valence-corrected chi connectivity index (χ1v) is 9.75. The van der Waals surface area contributed by atoms with Crippen molar-refractivity contribution in [2.24, 2.45) is 11.5 Å². The van der Waals surface area contributed by atoms with Crippen molar-refractivity contribution in [2.75, 3.05) is 25.2 Å². The number of aliphatic carboxylic acids is 1. The zero-order valence-electron chi connectivity index (χ0n) is 15.5. The molecule has 0 rings (SSSR count). The summed E-state index contributed by atoms with van der Waals surface area (Å²) in [5.41, 5.74) is 10.8. The van der Waals surface area contributed by atoms with Gasteiger partial charge in [-0.1, -0.05) is 0 Å². The zero-order valence-corrected chi connectivity index (χ0v) is 16.3. The van der Waals surface area contributed by atoms with Crippen LogP contribution in [-0.2, 0) is 24.0 Å². The number of rotatable bonds is 14. The highest BCUT2D eigenvalue weighted by molar-refractivity contribution is 7.98. The van der Waals surface area contributed by atoms with Crippen LogP contribution in [-0.4, -0.2) is 83.1 Å². The molecule has 13 heteroatoms. The van der Waals surface area contributed by atoms with Crippen LogP contribution >= 0.6 is 11.8 Å². The van der Waals surface area contributed by atoms with Gasteiger partial charge < -0.3 is 37.6 Å². The molecule has 0 spiro atoms. The smallest absolute Gasteiger partial charge is 0.322 e. The second kappa shape index (κ2) is 13.7. The molecule has 0 aromatic heterocycles. The first-order valence-electron chi connectivity index (χ1n) is 8.36. The molecule has 0 aromatic carbocycles. The number of hydrogen-bond donors (Lipinski definition) is 7. The van der Waals surface area contributed by atoms with E-state index in [0.717, 1.165) is 0 Å². The van der Waals surface area contributed by atoms with Crippen molar-refractivity contribution in [1.82, 2.24) is 16.0 Å². The quantitative estimate of drug-likeness (QED) is 0.148. The van der Waals surface area contributed by atoms with Crippen molar-refractivity contribution >= 4 is 41.4 Å². The van der Waals surface area contributed by atoms with Gasteiger partial charge in [0.15, 0.2) is 0 Å². The molecular weight excluding hydrogens is 394 g/mol. The predicted molar refractivity (Wildman–Crippen MR) is 101 cm³/mol. The Morgan fingerprint density at radius 1 is 1.00 bits per heavy atom. The first-order chi connectivity index (χ1) is 13.1. The number of carboxylic acid groups (broad SMARTS) is 1. The van der Waals surface area contributed by atoms with E-state index in [1.807, 2.05) is 11.6 Å². The lowest BCUT2D eigenvalue weighted by atomic mass is 10.1. The Kier molecular flexibility index (Phi) is 12.6. The third-order valence-electron chi connectivity index (χ3n) is 3.51. The van der Waals surface area contributed by atoms with Crippen LogP contribution in [0.5, 0.6) is 0 Å². The lowest BCUT2D eigenvalue weighted by Crippen LogP contribution is -2.57. The van der Waals surface area contributed by atoms with E-state index in [2.05, 4.69) is 10.6 Å². The van der Waals surface area contributed by atoms with Crippen LogP contribution in [0.4, 0.5) is 0 Å². The van der Waals surface area contributed by atoms with Gasteiger partial charge in [0.2, 0.25) is 23.6 Å². The third-order valence-corrected chi connectivity index (χ3v) is 4.16. The van der Waals surface area contributed by atoms with Crippen molar-refractivity contribution in [3.8, 4) is 0 Å². The fourth-order valence-corrected chi connectivity index (χ4v) is 2.45. The summed E-state index contributed by atoms with van der Waals surface area (Å²) in [6, 6.07) is -3.53. The molecule has 4 amide bonds. The topological polar surface area (TPSA) is 214 Å². The minimum atomic E-state index is -1.44. The molecule has 0 saturated heterocycles. The van der Waals surface area contributed by atoms with E-state index in [9.17, 15) is 29.1 Å². The number of aliphatic hydroxyl groups is 1. The average molecular weight is 421 g/mol. The van der Waals surface area contributed by atoms with Crippen LogP contribution in [0.15, 0.2) is 0 Å². The largest absolute Gasteiger partial charge is 0.480 e. The fraction of sp³-hybridized carbons (Fsp3) is 0.667.